The third-order valence-electron chi connectivity index (χ3n) is 5.90. The molecule has 1 saturated carbocycles. The molecular weight excluding hydrogens is 288 g/mol. The zero-order chi connectivity index (χ0) is 15.6. The second-order valence-corrected chi connectivity index (χ2v) is 7.38. The van der Waals surface area contributed by atoms with Crippen LogP contribution in [0.2, 0.25) is 0 Å². The van der Waals surface area contributed by atoms with Gasteiger partial charge in [-0.2, -0.15) is 0 Å². The molecule has 0 aromatic carbocycles. The Kier molecular flexibility index (Phi) is 4.19. The van der Waals surface area contributed by atoms with Gasteiger partial charge in [-0.1, -0.05) is 19.3 Å². The van der Waals surface area contributed by atoms with Crippen LogP contribution in [0.15, 0.2) is 18.5 Å². The summed E-state index contributed by atoms with van der Waals surface area (Å²) in [7, 11) is 0. The number of fused-ring (bicyclic) bond motifs is 1. The van der Waals surface area contributed by atoms with Crippen molar-refractivity contribution in [2.45, 2.75) is 38.5 Å². The molecular formula is C18H26N4O. The molecule has 0 bridgehead atoms. The zero-order valence-electron chi connectivity index (χ0n) is 13.7. The van der Waals surface area contributed by atoms with Crippen LogP contribution in [0.25, 0.3) is 0 Å². The number of aromatic nitrogens is 2. The van der Waals surface area contributed by atoms with Crippen molar-refractivity contribution < 1.29 is 4.79 Å². The molecule has 0 N–H and O–H groups in total. The molecule has 4 rings (SSSR count). The van der Waals surface area contributed by atoms with Crippen molar-refractivity contribution in [1.82, 2.24) is 14.9 Å². The van der Waals surface area contributed by atoms with Crippen molar-refractivity contribution in [3.8, 4) is 0 Å². The Hall–Kier alpha value is -1.65. The molecule has 1 aliphatic carbocycles. The molecule has 1 amide bonds. The topological polar surface area (TPSA) is 49.3 Å². The highest BCUT2D eigenvalue weighted by Crippen LogP contribution is 2.34. The van der Waals surface area contributed by atoms with Gasteiger partial charge in [-0.05, 0) is 37.2 Å². The van der Waals surface area contributed by atoms with E-state index < -0.39 is 0 Å². The molecule has 5 nitrogen and oxygen atoms in total. The summed E-state index contributed by atoms with van der Waals surface area (Å²) in [4.78, 5) is 26.0. The van der Waals surface area contributed by atoms with E-state index >= 15 is 0 Å². The monoisotopic (exact) mass is 314 g/mol. The maximum atomic E-state index is 12.8. The van der Waals surface area contributed by atoms with E-state index in [1.165, 1.54) is 19.3 Å². The van der Waals surface area contributed by atoms with Gasteiger partial charge < -0.3 is 9.80 Å². The van der Waals surface area contributed by atoms with Crippen LogP contribution in [0.5, 0.6) is 0 Å². The molecule has 0 radical (unpaired) electrons. The zero-order valence-corrected chi connectivity index (χ0v) is 13.7. The lowest BCUT2D eigenvalue weighted by atomic mass is 9.88. The summed E-state index contributed by atoms with van der Waals surface area (Å²) in [5.41, 5.74) is 0. The van der Waals surface area contributed by atoms with Gasteiger partial charge in [0.2, 0.25) is 11.9 Å². The highest BCUT2D eigenvalue weighted by Gasteiger charge is 2.40. The van der Waals surface area contributed by atoms with Crippen LogP contribution in [0.3, 0.4) is 0 Å². The van der Waals surface area contributed by atoms with Crippen LogP contribution < -0.4 is 4.90 Å². The number of piperidine rings is 1. The quantitative estimate of drug-likeness (QED) is 0.841. The van der Waals surface area contributed by atoms with Gasteiger partial charge in [0.1, 0.15) is 0 Å². The third kappa shape index (κ3) is 3.06. The molecule has 5 heteroatoms. The van der Waals surface area contributed by atoms with Gasteiger partial charge in [0, 0.05) is 44.5 Å². The van der Waals surface area contributed by atoms with E-state index in [0.717, 1.165) is 51.4 Å². The molecule has 1 aromatic rings. The molecule has 2 aliphatic heterocycles. The Balaban J connectivity index is 1.38. The second kappa shape index (κ2) is 6.46. The second-order valence-electron chi connectivity index (χ2n) is 7.38. The third-order valence-corrected chi connectivity index (χ3v) is 5.90. The molecule has 0 spiro atoms. The summed E-state index contributed by atoms with van der Waals surface area (Å²) >= 11 is 0. The van der Waals surface area contributed by atoms with Gasteiger partial charge in [-0.15, -0.1) is 0 Å². The van der Waals surface area contributed by atoms with E-state index in [9.17, 15) is 4.79 Å². The highest BCUT2D eigenvalue weighted by atomic mass is 16.2. The number of carbonyl (C=O) groups is 1. The summed E-state index contributed by atoms with van der Waals surface area (Å²) in [6.07, 6.45) is 10.7. The number of hydrogen-bond acceptors (Lipinski definition) is 4. The maximum Gasteiger partial charge on any atom is 0.225 e. The first-order valence-electron chi connectivity index (χ1n) is 9.12. The summed E-state index contributed by atoms with van der Waals surface area (Å²) < 4.78 is 0. The van der Waals surface area contributed by atoms with Gasteiger partial charge in [0.15, 0.2) is 0 Å². The fourth-order valence-corrected chi connectivity index (χ4v) is 4.59. The molecule has 124 valence electrons. The van der Waals surface area contributed by atoms with Crippen LogP contribution in [0.1, 0.15) is 38.5 Å². The first kappa shape index (κ1) is 14.9. The van der Waals surface area contributed by atoms with Gasteiger partial charge in [0.05, 0.1) is 0 Å². The van der Waals surface area contributed by atoms with Crippen LogP contribution in [0, 0.1) is 17.8 Å². The van der Waals surface area contributed by atoms with Crippen LogP contribution in [-0.2, 0) is 4.79 Å². The first-order chi connectivity index (χ1) is 11.3. The normalized spacial score (nSPS) is 28.7. The predicted molar refractivity (Wildman–Crippen MR) is 89.0 cm³/mol. The fourth-order valence-electron chi connectivity index (χ4n) is 4.59. The Morgan fingerprint density at radius 3 is 2.48 bits per heavy atom. The van der Waals surface area contributed by atoms with Gasteiger partial charge in [-0.25, -0.2) is 9.97 Å². The fraction of sp³-hybridized carbons (Fsp3) is 0.722. The maximum absolute atomic E-state index is 12.8. The number of amides is 1. The van der Waals surface area contributed by atoms with E-state index in [-0.39, 0.29) is 0 Å². The molecule has 23 heavy (non-hydrogen) atoms. The van der Waals surface area contributed by atoms with E-state index in [2.05, 4.69) is 19.8 Å². The highest BCUT2D eigenvalue weighted by molar-refractivity contribution is 5.79. The SMILES string of the molecule is O=C(C1CCCCC1)N1C[C@@H]2CCN(c3ncccn3)C[C@@H]2C1. The number of nitrogens with zero attached hydrogens (tertiary/aromatic N) is 4. The van der Waals surface area contributed by atoms with E-state index in [0.29, 0.717) is 23.7 Å². The smallest absolute Gasteiger partial charge is 0.225 e. The Bertz CT molecular complexity index is 543. The lowest BCUT2D eigenvalue weighted by molar-refractivity contribution is -0.135. The number of likely N-dealkylation sites (tertiary alicyclic amines) is 1. The number of carbonyl (C=O) groups excluding carboxylic acids is 1. The lowest BCUT2D eigenvalue weighted by Gasteiger charge is -2.34. The minimum absolute atomic E-state index is 0.303. The largest absolute Gasteiger partial charge is 0.342 e. The van der Waals surface area contributed by atoms with Crippen molar-refractivity contribution in [1.29, 1.82) is 0 Å². The number of hydrogen-bond donors (Lipinski definition) is 0. The van der Waals surface area contributed by atoms with Crippen molar-refractivity contribution in [3.63, 3.8) is 0 Å². The van der Waals surface area contributed by atoms with E-state index in [1.54, 1.807) is 0 Å². The minimum Gasteiger partial charge on any atom is -0.342 e. The van der Waals surface area contributed by atoms with Crippen molar-refractivity contribution in [2.24, 2.45) is 17.8 Å². The van der Waals surface area contributed by atoms with E-state index in [4.69, 9.17) is 0 Å². The number of rotatable bonds is 2. The van der Waals surface area contributed by atoms with Gasteiger partial charge in [-0.3, -0.25) is 4.79 Å². The Labute approximate surface area is 138 Å². The van der Waals surface area contributed by atoms with Crippen molar-refractivity contribution in [3.05, 3.63) is 18.5 Å². The summed E-state index contributed by atoms with van der Waals surface area (Å²) in [6.45, 7) is 3.91. The molecule has 3 fully saturated rings. The Morgan fingerprint density at radius 1 is 0.957 bits per heavy atom. The average molecular weight is 314 g/mol. The Morgan fingerprint density at radius 2 is 1.70 bits per heavy atom. The standard InChI is InChI=1S/C18H26N4O/c23-17(14-5-2-1-3-6-14)22-11-15-7-10-21(12-16(15)13-22)18-19-8-4-9-20-18/h4,8-9,14-16H,1-3,5-7,10-13H2/t15-,16+/m0/s1. The summed E-state index contributed by atoms with van der Waals surface area (Å²) in [5.74, 6) is 2.82. The molecule has 3 aliphatic rings. The molecule has 2 atom stereocenters. The van der Waals surface area contributed by atoms with Crippen LogP contribution in [-0.4, -0.2) is 47.0 Å². The predicted octanol–water partition coefficient (Wildman–Crippen LogP) is 2.34. The van der Waals surface area contributed by atoms with Crippen LogP contribution in [0.4, 0.5) is 5.95 Å². The average Bonchev–Trinajstić information content (AvgIpc) is 3.06. The molecule has 2 saturated heterocycles. The number of anilines is 1. The molecule has 1 aromatic heterocycles. The first-order valence-corrected chi connectivity index (χ1v) is 9.12. The van der Waals surface area contributed by atoms with Crippen molar-refractivity contribution >= 4 is 11.9 Å². The molecule has 0 unspecified atom stereocenters. The van der Waals surface area contributed by atoms with Crippen molar-refractivity contribution in [2.75, 3.05) is 31.1 Å². The van der Waals surface area contributed by atoms with Crippen LogP contribution >= 0.6 is 0 Å². The molecule has 3 heterocycles. The summed E-state index contributed by atoms with van der Waals surface area (Å²) in [6, 6.07) is 1.86. The minimum atomic E-state index is 0.303. The van der Waals surface area contributed by atoms with Gasteiger partial charge in [0.25, 0.3) is 0 Å². The van der Waals surface area contributed by atoms with Gasteiger partial charge >= 0.3 is 0 Å². The van der Waals surface area contributed by atoms with E-state index in [1.807, 2.05) is 18.5 Å². The summed E-state index contributed by atoms with van der Waals surface area (Å²) in [5, 5.41) is 0. The lowest BCUT2D eigenvalue weighted by Crippen LogP contribution is -2.41.